The maximum Gasteiger partial charge on any atom is 0.360 e. The number of oxazole rings is 1. The number of aromatic hydroxyl groups is 1. The van der Waals surface area contributed by atoms with Crippen LogP contribution in [0.4, 0.5) is 10.1 Å². The molecular weight excluding hydrogens is 531 g/mol. The van der Waals surface area contributed by atoms with Crippen molar-refractivity contribution in [2.75, 3.05) is 19.0 Å². The average Bonchev–Trinajstić information content (AvgIpc) is 3.42. The summed E-state index contributed by atoms with van der Waals surface area (Å²) >= 11 is 0. The molecule has 0 fully saturated rings. The smallest absolute Gasteiger partial charge is 0.360 e. The predicted octanol–water partition coefficient (Wildman–Crippen LogP) is 4.35. The molecule has 1 aromatic heterocycles. The summed E-state index contributed by atoms with van der Waals surface area (Å²) in [5.41, 5.74) is 1.64. The first-order valence-electron chi connectivity index (χ1n) is 13.0. The third kappa shape index (κ3) is 8.92. The first-order chi connectivity index (χ1) is 19.4. The summed E-state index contributed by atoms with van der Waals surface area (Å²) in [6, 6.07) is 9.96. The van der Waals surface area contributed by atoms with Gasteiger partial charge in [-0.15, -0.1) is 0 Å². The molecule has 3 rings (SSSR count). The van der Waals surface area contributed by atoms with Crippen molar-refractivity contribution in [1.29, 1.82) is 0 Å². The second-order valence-electron chi connectivity index (χ2n) is 10.5. The molecule has 0 radical (unpaired) electrons. The fourth-order valence-corrected chi connectivity index (χ4v) is 3.87. The molecule has 2 aromatic carbocycles. The zero-order valence-corrected chi connectivity index (χ0v) is 23.7. The summed E-state index contributed by atoms with van der Waals surface area (Å²) in [5, 5.41) is 18.4. The molecule has 0 aliphatic rings. The molecule has 0 bridgehead atoms. The van der Waals surface area contributed by atoms with Crippen molar-refractivity contribution in [2.45, 2.75) is 46.6 Å². The number of aryl methyl sites for hydroxylation is 2. The van der Waals surface area contributed by atoms with Crippen molar-refractivity contribution >= 4 is 29.2 Å². The van der Waals surface area contributed by atoms with Gasteiger partial charge in [0.15, 0.2) is 5.69 Å². The van der Waals surface area contributed by atoms with Crippen LogP contribution in [0.3, 0.4) is 0 Å². The van der Waals surface area contributed by atoms with E-state index in [-0.39, 0.29) is 47.7 Å². The normalized spacial score (nSPS) is 12.4. The Morgan fingerprint density at radius 3 is 2.49 bits per heavy atom. The highest BCUT2D eigenvalue weighted by molar-refractivity contribution is 5.93. The van der Waals surface area contributed by atoms with Crippen molar-refractivity contribution in [1.82, 2.24) is 15.6 Å². The van der Waals surface area contributed by atoms with Gasteiger partial charge >= 0.3 is 5.97 Å². The maximum absolute atomic E-state index is 13.5. The molecule has 0 aliphatic heterocycles. The van der Waals surface area contributed by atoms with E-state index in [9.17, 15) is 23.9 Å². The van der Waals surface area contributed by atoms with E-state index >= 15 is 0 Å². The summed E-state index contributed by atoms with van der Waals surface area (Å²) in [7, 11) is 1.21. The van der Waals surface area contributed by atoms with Crippen LogP contribution in [0.25, 0.3) is 5.70 Å². The predicted molar refractivity (Wildman–Crippen MR) is 151 cm³/mol. The lowest BCUT2D eigenvalue weighted by Crippen LogP contribution is -2.53. The minimum atomic E-state index is -0.931. The van der Waals surface area contributed by atoms with Crippen molar-refractivity contribution in [2.24, 2.45) is 5.41 Å². The number of nitrogens with one attached hydrogen (secondary N) is 3. The third-order valence-electron chi connectivity index (χ3n) is 6.18. The highest BCUT2D eigenvalue weighted by Crippen LogP contribution is 2.22. The lowest BCUT2D eigenvalue weighted by atomic mass is 9.86. The van der Waals surface area contributed by atoms with E-state index in [2.05, 4.69) is 25.7 Å². The second-order valence-corrected chi connectivity index (χ2v) is 10.5. The number of methoxy groups -OCH3 is 1. The number of hydrogen-bond donors (Lipinski definition) is 4. The SMILES string of the molecule is COC(=O)c1coc(/C(=C\CNc2ccc(F)cc2)NC(=O)C(NC(=O)CCc2ccc(O)c(C)c2)C(C)(C)C)n1. The van der Waals surface area contributed by atoms with Crippen LogP contribution in [0.2, 0.25) is 0 Å². The highest BCUT2D eigenvalue weighted by atomic mass is 19.1. The number of hydrogen-bond acceptors (Lipinski definition) is 8. The number of nitrogens with zero attached hydrogens (tertiary/aromatic N) is 1. The lowest BCUT2D eigenvalue weighted by molar-refractivity contribution is -0.130. The molecule has 3 aromatic rings. The maximum atomic E-state index is 13.5. The van der Waals surface area contributed by atoms with Crippen molar-refractivity contribution < 1.29 is 33.0 Å². The average molecular weight is 567 g/mol. The fraction of sp³-hybridized carbons (Fsp3) is 0.333. The Morgan fingerprint density at radius 2 is 1.85 bits per heavy atom. The Bertz CT molecular complexity index is 1410. The van der Waals surface area contributed by atoms with Crippen molar-refractivity contribution in [3.05, 3.63) is 83.3 Å². The molecule has 0 saturated carbocycles. The minimum absolute atomic E-state index is 0.0404. The second kappa shape index (κ2) is 13.6. The summed E-state index contributed by atoms with van der Waals surface area (Å²) < 4.78 is 23.4. The molecule has 10 nitrogen and oxygen atoms in total. The number of rotatable bonds is 11. The number of ether oxygens (including phenoxy) is 1. The number of carbonyl (C=O) groups excluding carboxylic acids is 3. The molecule has 41 heavy (non-hydrogen) atoms. The van der Waals surface area contributed by atoms with E-state index < -0.39 is 23.3 Å². The molecule has 4 N–H and O–H groups in total. The van der Waals surface area contributed by atoms with Crippen LogP contribution >= 0.6 is 0 Å². The van der Waals surface area contributed by atoms with Crippen LogP contribution in [0, 0.1) is 18.2 Å². The van der Waals surface area contributed by atoms with Gasteiger partial charge in [0.05, 0.1) is 7.11 Å². The molecule has 218 valence electrons. The zero-order chi connectivity index (χ0) is 30.2. The molecule has 2 amide bonds. The Kier molecular flexibility index (Phi) is 10.2. The molecule has 1 heterocycles. The number of phenolic OH excluding ortho intramolecular Hbond substituents is 1. The Morgan fingerprint density at radius 1 is 1.15 bits per heavy atom. The summed E-state index contributed by atoms with van der Waals surface area (Å²) in [6.07, 6.45) is 3.26. The van der Waals surface area contributed by atoms with E-state index in [4.69, 9.17) is 4.42 Å². The Balaban J connectivity index is 1.76. The van der Waals surface area contributed by atoms with Gasteiger partial charge in [0.1, 0.15) is 29.6 Å². The number of anilines is 1. The first-order valence-corrected chi connectivity index (χ1v) is 13.0. The van der Waals surface area contributed by atoms with Crippen LogP contribution in [0.15, 0.2) is 59.2 Å². The van der Waals surface area contributed by atoms with Gasteiger partial charge in [0.2, 0.25) is 17.7 Å². The molecule has 1 atom stereocenters. The van der Waals surface area contributed by atoms with Crippen LogP contribution in [0.5, 0.6) is 5.75 Å². The van der Waals surface area contributed by atoms with E-state index in [0.717, 1.165) is 11.8 Å². The largest absolute Gasteiger partial charge is 0.508 e. The van der Waals surface area contributed by atoms with E-state index in [1.54, 1.807) is 37.3 Å². The van der Waals surface area contributed by atoms with Crippen LogP contribution in [-0.4, -0.2) is 47.6 Å². The molecule has 0 aliphatic carbocycles. The van der Waals surface area contributed by atoms with Gasteiger partial charge in [-0.3, -0.25) is 9.59 Å². The molecule has 1 unspecified atom stereocenters. The molecule has 0 spiro atoms. The monoisotopic (exact) mass is 566 g/mol. The Labute approximate surface area is 238 Å². The quantitative estimate of drug-likeness (QED) is 0.251. The number of amides is 2. The highest BCUT2D eigenvalue weighted by Gasteiger charge is 2.33. The van der Waals surface area contributed by atoms with E-state index in [0.29, 0.717) is 17.7 Å². The minimum Gasteiger partial charge on any atom is -0.508 e. The Hall–Kier alpha value is -4.67. The molecule has 11 heteroatoms. The first kappa shape index (κ1) is 30.9. The van der Waals surface area contributed by atoms with Gasteiger partial charge in [-0.1, -0.05) is 32.9 Å². The van der Waals surface area contributed by atoms with Crippen molar-refractivity contribution in [3.63, 3.8) is 0 Å². The van der Waals surface area contributed by atoms with Gasteiger partial charge in [-0.05, 0) is 66.3 Å². The van der Waals surface area contributed by atoms with E-state index in [1.807, 2.05) is 26.8 Å². The number of esters is 1. The topological polar surface area (TPSA) is 143 Å². The van der Waals surface area contributed by atoms with Crippen LogP contribution in [-0.2, 0) is 20.7 Å². The fourth-order valence-electron chi connectivity index (χ4n) is 3.87. The lowest BCUT2D eigenvalue weighted by Gasteiger charge is -2.30. The van der Waals surface area contributed by atoms with Gasteiger partial charge < -0.3 is 30.2 Å². The standard InChI is InChI=1S/C30H35FN4O6/c1-18-16-19(6-12-24(18)36)7-13-25(37)35-26(30(2,3)4)27(38)33-22(28-34-23(17-41-28)29(39)40-5)14-15-32-21-10-8-20(31)9-11-21/h6,8-12,14,16-17,26,32,36H,7,13,15H2,1-5H3,(H,33,38)(H,35,37)/b22-14+. The summed E-state index contributed by atoms with van der Waals surface area (Å²) in [6.45, 7) is 7.43. The summed E-state index contributed by atoms with van der Waals surface area (Å²) in [5.74, 6) is -1.78. The number of phenols is 1. The summed E-state index contributed by atoms with van der Waals surface area (Å²) in [4.78, 5) is 42.4. The van der Waals surface area contributed by atoms with Crippen LogP contribution < -0.4 is 16.0 Å². The van der Waals surface area contributed by atoms with Gasteiger partial charge in [0.25, 0.3) is 0 Å². The molecular formula is C30H35FN4O6. The number of halogens is 1. The number of aromatic nitrogens is 1. The van der Waals surface area contributed by atoms with Gasteiger partial charge in [-0.25, -0.2) is 14.2 Å². The number of carbonyl (C=O) groups is 3. The van der Waals surface area contributed by atoms with Crippen LogP contribution in [0.1, 0.15) is 54.7 Å². The molecule has 0 saturated heterocycles. The van der Waals surface area contributed by atoms with Gasteiger partial charge in [-0.2, -0.15) is 0 Å². The number of benzene rings is 2. The zero-order valence-electron chi connectivity index (χ0n) is 23.7. The van der Waals surface area contributed by atoms with E-state index in [1.165, 1.54) is 19.2 Å². The third-order valence-corrected chi connectivity index (χ3v) is 6.18. The van der Waals surface area contributed by atoms with Crippen molar-refractivity contribution in [3.8, 4) is 5.75 Å². The van der Waals surface area contributed by atoms with Gasteiger partial charge in [0, 0.05) is 18.7 Å².